The summed E-state index contributed by atoms with van der Waals surface area (Å²) < 4.78 is 25.5. The van der Waals surface area contributed by atoms with Gasteiger partial charge < -0.3 is 4.90 Å². The number of benzene rings is 1. The number of anilines is 1. The second-order valence-corrected chi connectivity index (χ2v) is 6.86. The standard InChI is InChI=1S/C13H16N4O4S/c1-15(8-9-16-7-3-6-14-16)12-5-4-11(17(18)19)10-13(12)22(2,20)21/h3-7,10H,8-9H2,1-2H3. The number of aromatic nitrogens is 2. The Bertz CT molecular complexity index is 771. The minimum atomic E-state index is -3.58. The number of likely N-dealkylation sites (N-methyl/N-ethyl adjacent to an activating group) is 1. The van der Waals surface area contributed by atoms with Gasteiger partial charge in [-0.15, -0.1) is 0 Å². The highest BCUT2D eigenvalue weighted by molar-refractivity contribution is 7.90. The third-order valence-corrected chi connectivity index (χ3v) is 4.31. The first-order chi connectivity index (χ1) is 10.3. The molecule has 0 spiro atoms. The lowest BCUT2D eigenvalue weighted by Gasteiger charge is -2.21. The normalized spacial score (nSPS) is 11.4. The molecule has 0 bridgehead atoms. The van der Waals surface area contributed by atoms with Gasteiger partial charge in [-0.25, -0.2) is 8.42 Å². The van der Waals surface area contributed by atoms with Gasteiger partial charge in [0.25, 0.3) is 5.69 Å². The average Bonchev–Trinajstić information content (AvgIpc) is 2.96. The molecule has 1 heterocycles. The molecule has 9 heteroatoms. The zero-order valence-corrected chi connectivity index (χ0v) is 13.0. The highest BCUT2D eigenvalue weighted by atomic mass is 32.2. The molecule has 1 aromatic heterocycles. The number of nitro groups is 1. The summed E-state index contributed by atoms with van der Waals surface area (Å²) in [6.07, 6.45) is 4.51. The molecule has 0 fully saturated rings. The third kappa shape index (κ3) is 3.61. The molecule has 0 aliphatic carbocycles. The first-order valence-corrected chi connectivity index (χ1v) is 8.35. The second-order valence-electron chi connectivity index (χ2n) is 4.87. The summed E-state index contributed by atoms with van der Waals surface area (Å²) in [4.78, 5) is 11.9. The van der Waals surface area contributed by atoms with Crippen molar-refractivity contribution in [2.24, 2.45) is 0 Å². The van der Waals surface area contributed by atoms with E-state index in [9.17, 15) is 18.5 Å². The number of nitrogens with zero attached hydrogens (tertiary/aromatic N) is 4. The van der Waals surface area contributed by atoms with E-state index in [0.29, 0.717) is 18.8 Å². The number of sulfone groups is 1. The molecule has 2 aromatic rings. The zero-order chi connectivity index (χ0) is 16.3. The minimum Gasteiger partial charge on any atom is -0.372 e. The van der Waals surface area contributed by atoms with E-state index in [1.54, 1.807) is 35.1 Å². The maximum absolute atomic E-state index is 11.9. The van der Waals surface area contributed by atoms with Gasteiger partial charge in [-0.1, -0.05) is 0 Å². The Labute approximate surface area is 128 Å². The van der Waals surface area contributed by atoms with E-state index in [1.807, 2.05) is 0 Å². The van der Waals surface area contributed by atoms with Crippen molar-refractivity contribution in [2.75, 3.05) is 24.7 Å². The quantitative estimate of drug-likeness (QED) is 0.587. The van der Waals surface area contributed by atoms with Gasteiger partial charge in [0.15, 0.2) is 9.84 Å². The summed E-state index contributed by atoms with van der Waals surface area (Å²) in [5, 5.41) is 14.9. The van der Waals surface area contributed by atoms with Crippen molar-refractivity contribution >= 4 is 21.2 Å². The Hall–Kier alpha value is -2.42. The smallest absolute Gasteiger partial charge is 0.270 e. The van der Waals surface area contributed by atoms with Gasteiger partial charge in [-0.05, 0) is 12.1 Å². The average molecular weight is 324 g/mol. The second kappa shape index (κ2) is 6.14. The van der Waals surface area contributed by atoms with Crippen LogP contribution in [0.5, 0.6) is 0 Å². The number of rotatable bonds is 6. The van der Waals surface area contributed by atoms with E-state index in [4.69, 9.17) is 0 Å². The Balaban J connectivity index is 2.30. The molecule has 0 saturated carbocycles. The fraction of sp³-hybridized carbons (Fsp3) is 0.308. The van der Waals surface area contributed by atoms with Crippen LogP contribution in [0.25, 0.3) is 0 Å². The molecule has 0 aliphatic rings. The summed E-state index contributed by atoms with van der Waals surface area (Å²) in [7, 11) is -1.84. The van der Waals surface area contributed by atoms with Crippen molar-refractivity contribution in [1.82, 2.24) is 9.78 Å². The van der Waals surface area contributed by atoms with Crippen LogP contribution in [0.1, 0.15) is 0 Å². The van der Waals surface area contributed by atoms with Crippen LogP contribution >= 0.6 is 0 Å². The molecular formula is C13H16N4O4S. The summed E-state index contributed by atoms with van der Waals surface area (Å²) in [5.41, 5.74) is 0.185. The van der Waals surface area contributed by atoms with Crippen LogP contribution in [-0.4, -0.2) is 43.0 Å². The van der Waals surface area contributed by atoms with Crippen LogP contribution < -0.4 is 4.90 Å². The van der Waals surface area contributed by atoms with Gasteiger partial charge in [0.05, 0.1) is 22.1 Å². The van der Waals surface area contributed by atoms with E-state index in [0.717, 1.165) is 12.3 Å². The van der Waals surface area contributed by atoms with Gasteiger partial charge in [0.1, 0.15) is 0 Å². The van der Waals surface area contributed by atoms with Gasteiger partial charge in [-0.2, -0.15) is 5.10 Å². The molecule has 0 saturated heterocycles. The van der Waals surface area contributed by atoms with Crippen molar-refractivity contribution in [3.05, 3.63) is 46.8 Å². The third-order valence-electron chi connectivity index (χ3n) is 3.19. The molecule has 118 valence electrons. The largest absolute Gasteiger partial charge is 0.372 e. The predicted octanol–water partition coefficient (Wildman–Crippen LogP) is 1.33. The number of hydrogen-bond donors (Lipinski definition) is 0. The SMILES string of the molecule is CN(CCn1cccn1)c1ccc([N+](=O)[O-])cc1S(C)(=O)=O. The Morgan fingerprint density at radius 3 is 2.68 bits per heavy atom. The van der Waals surface area contributed by atoms with E-state index in [2.05, 4.69) is 5.10 Å². The lowest BCUT2D eigenvalue weighted by Crippen LogP contribution is -2.24. The molecule has 0 atom stereocenters. The van der Waals surface area contributed by atoms with Crippen LogP contribution in [0.3, 0.4) is 0 Å². The van der Waals surface area contributed by atoms with E-state index < -0.39 is 14.8 Å². The van der Waals surface area contributed by atoms with E-state index in [1.165, 1.54) is 12.1 Å². The van der Waals surface area contributed by atoms with Gasteiger partial charge >= 0.3 is 0 Å². The van der Waals surface area contributed by atoms with E-state index >= 15 is 0 Å². The first-order valence-electron chi connectivity index (χ1n) is 6.46. The summed E-state index contributed by atoms with van der Waals surface area (Å²) in [6.45, 7) is 1.09. The van der Waals surface area contributed by atoms with Crippen LogP contribution in [0.15, 0.2) is 41.6 Å². The molecule has 22 heavy (non-hydrogen) atoms. The lowest BCUT2D eigenvalue weighted by molar-refractivity contribution is -0.385. The summed E-state index contributed by atoms with van der Waals surface area (Å²) in [5.74, 6) is 0. The fourth-order valence-corrected chi connectivity index (χ4v) is 2.97. The van der Waals surface area contributed by atoms with Crippen LogP contribution in [0.4, 0.5) is 11.4 Å². The molecule has 0 radical (unpaired) electrons. The maximum atomic E-state index is 11.9. The predicted molar refractivity (Wildman–Crippen MR) is 81.7 cm³/mol. The zero-order valence-electron chi connectivity index (χ0n) is 12.2. The molecule has 2 rings (SSSR count). The summed E-state index contributed by atoms with van der Waals surface area (Å²) >= 11 is 0. The Kier molecular flexibility index (Phi) is 4.45. The first kappa shape index (κ1) is 16.0. The monoisotopic (exact) mass is 324 g/mol. The molecular weight excluding hydrogens is 308 g/mol. The van der Waals surface area contributed by atoms with Crippen LogP contribution in [0.2, 0.25) is 0 Å². The van der Waals surface area contributed by atoms with Crippen molar-refractivity contribution in [1.29, 1.82) is 0 Å². The molecule has 0 N–H and O–H groups in total. The van der Waals surface area contributed by atoms with Crippen molar-refractivity contribution in [3.8, 4) is 0 Å². The van der Waals surface area contributed by atoms with Crippen molar-refractivity contribution in [3.63, 3.8) is 0 Å². The lowest BCUT2D eigenvalue weighted by atomic mass is 10.2. The molecule has 0 unspecified atom stereocenters. The topological polar surface area (TPSA) is 98.3 Å². The number of non-ortho nitro benzene ring substituents is 1. The minimum absolute atomic E-state index is 0.0512. The fourth-order valence-electron chi connectivity index (χ4n) is 2.03. The highest BCUT2D eigenvalue weighted by Crippen LogP contribution is 2.28. The Morgan fingerprint density at radius 1 is 1.41 bits per heavy atom. The maximum Gasteiger partial charge on any atom is 0.270 e. The molecule has 1 aromatic carbocycles. The van der Waals surface area contributed by atoms with Gasteiger partial charge in [-0.3, -0.25) is 14.8 Å². The number of hydrogen-bond acceptors (Lipinski definition) is 6. The Morgan fingerprint density at radius 2 is 2.14 bits per heavy atom. The van der Waals surface area contributed by atoms with Crippen LogP contribution in [0, 0.1) is 10.1 Å². The molecule has 0 amide bonds. The molecule has 8 nitrogen and oxygen atoms in total. The van der Waals surface area contributed by atoms with Crippen molar-refractivity contribution in [2.45, 2.75) is 11.4 Å². The number of nitro benzene ring substituents is 1. The van der Waals surface area contributed by atoms with E-state index in [-0.39, 0.29) is 10.6 Å². The van der Waals surface area contributed by atoms with Gasteiger partial charge in [0.2, 0.25) is 0 Å². The van der Waals surface area contributed by atoms with Crippen molar-refractivity contribution < 1.29 is 13.3 Å². The highest BCUT2D eigenvalue weighted by Gasteiger charge is 2.20. The summed E-state index contributed by atoms with van der Waals surface area (Å²) in [6, 6.07) is 5.65. The molecule has 0 aliphatic heterocycles. The van der Waals surface area contributed by atoms with Crippen LogP contribution in [-0.2, 0) is 16.4 Å². The van der Waals surface area contributed by atoms with Gasteiger partial charge in [0, 0.05) is 44.4 Å².